The lowest BCUT2D eigenvalue weighted by molar-refractivity contribution is 0.111. The third kappa shape index (κ3) is 6.25. The van der Waals surface area contributed by atoms with Crippen molar-refractivity contribution in [2.45, 2.75) is 19.9 Å². The molecular weight excluding hydrogens is 526 g/mol. The number of fused-ring (bicyclic) bond motifs is 2. The molecule has 1 amide bonds. The fourth-order valence-electron chi connectivity index (χ4n) is 4.88. The molecule has 0 saturated heterocycles. The van der Waals surface area contributed by atoms with Crippen LogP contribution in [0.2, 0.25) is 0 Å². The molecule has 9 heteroatoms. The molecule has 0 bridgehead atoms. The van der Waals surface area contributed by atoms with E-state index in [0.29, 0.717) is 44.3 Å². The fraction of sp³-hybridized carbons (Fsp3) is 0.212. The fourth-order valence-corrected chi connectivity index (χ4v) is 4.88. The molecule has 0 saturated carbocycles. The van der Waals surface area contributed by atoms with Gasteiger partial charge >= 0.3 is 6.09 Å². The molecule has 3 aromatic heterocycles. The number of aromatic nitrogens is 4. The number of para-hydroxylation sites is 1. The summed E-state index contributed by atoms with van der Waals surface area (Å²) in [4.78, 5) is 25.1. The Kier molecular flexibility index (Phi) is 8.47. The topological polar surface area (TPSA) is 87.9 Å². The van der Waals surface area contributed by atoms with Gasteiger partial charge in [-0.05, 0) is 54.3 Å². The second-order valence-corrected chi connectivity index (χ2v) is 10.1. The number of carbonyl (C=O) groups is 1. The van der Waals surface area contributed by atoms with Crippen molar-refractivity contribution < 1.29 is 9.53 Å². The van der Waals surface area contributed by atoms with Crippen LogP contribution in [-0.4, -0.2) is 62.2 Å². The lowest BCUT2D eigenvalue weighted by Gasteiger charge is -2.25. The first kappa shape index (κ1) is 28.4. The average molecular weight is 562 g/mol. The van der Waals surface area contributed by atoms with Gasteiger partial charge in [0.2, 0.25) is 5.95 Å². The highest BCUT2D eigenvalue weighted by atomic mass is 16.6. The number of nitrogens with one attached hydrogen (secondary N) is 1. The van der Waals surface area contributed by atoms with E-state index in [2.05, 4.69) is 58.2 Å². The maximum absolute atomic E-state index is 12.1. The van der Waals surface area contributed by atoms with Gasteiger partial charge in [-0.25, -0.2) is 9.31 Å². The van der Waals surface area contributed by atoms with Crippen molar-refractivity contribution in [3.05, 3.63) is 121 Å². The lowest BCUT2D eigenvalue weighted by Crippen LogP contribution is -2.35. The van der Waals surface area contributed by atoms with Crippen LogP contribution in [-0.2, 0) is 11.3 Å². The summed E-state index contributed by atoms with van der Waals surface area (Å²) in [7, 11) is 1.99. The standard InChI is InChI=1S/C33H35N7O2/c1-6-42-33(41)39-20-16-26(17-21-39)29-13-9-19-40-31(29)36-32(37-40)35-24(3)15-14-23(2)25(4)38(5)22-28-11-7-10-27-12-8-18-34-30(27)28/h7-16,18-19H,2-4,6,17,20-22H2,1,5H3,(H,35,37)/b15-14-. The normalized spacial score (nSPS) is 13.3. The monoisotopic (exact) mass is 561 g/mol. The van der Waals surface area contributed by atoms with Crippen LogP contribution in [0.3, 0.4) is 0 Å². The third-order valence-corrected chi connectivity index (χ3v) is 7.16. The number of allylic oxidation sites excluding steroid dienone is 2. The van der Waals surface area contributed by atoms with Crippen LogP contribution in [0.1, 0.15) is 24.5 Å². The minimum atomic E-state index is -0.286. The highest BCUT2D eigenvalue weighted by Gasteiger charge is 2.20. The first-order valence-electron chi connectivity index (χ1n) is 13.9. The number of hydrogen-bond acceptors (Lipinski definition) is 7. The summed E-state index contributed by atoms with van der Waals surface area (Å²) in [5.41, 5.74) is 7.12. The molecule has 1 N–H and O–H groups in total. The number of likely N-dealkylation sites (N-methyl/N-ethyl adjacent to an activating group) is 1. The minimum Gasteiger partial charge on any atom is -0.450 e. The molecule has 0 atom stereocenters. The average Bonchev–Trinajstić information content (AvgIpc) is 3.42. The minimum absolute atomic E-state index is 0.286. The van der Waals surface area contributed by atoms with Crippen LogP contribution >= 0.6 is 0 Å². The van der Waals surface area contributed by atoms with Gasteiger partial charge in [-0.2, -0.15) is 4.98 Å². The van der Waals surface area contributed by atoms with E-state index < -0.39 is 0 Å². The Morgan fingerprint density at radius 2 is 1.98 bits per heavy atom. The molecule has 0 aliphatic carbocycles. The molecule has 9 nitrogen and oxygen atoms in total. The maximum Gasteiger partial charge on any atom is 0.410 e. The molecular formula is C33H35N7O2. The summed E-state index contributed by atoms with van der Waals surface area (Å²) < 4.78 is 6.87. The summed E-state index contributed by atoms with van der Waals surface area (Å²) in [5, 5.41) is 8.86. The third-order valence-electron chi connectivity index (χ3n) is 7.16. The van der Waals surface area contributed by atoms with Gasteiger partial charge in [-0.3, -0.25) is 4.98 Å². The highest BCUT2D eigenvalue weighted by molar-refractivity contribution is 5.81. The first-order valence-corrected chi connectivity index (χ1v) is 13.9. The van der Waals surface area contributed by atoms with E-state index in [0.717, 1.165) is 44.5 Å². The SMILES string of the molecule is C=C(/C=C\C(=C)C(=C)N(C)Cc1cccc2cccnc12)Nc1nc2c(C3=CCN(C(=O)OCC)CC3)cccn2n1. The molecule has 0 spiro atoms. The van der Waals surface area contributed by atoms with Gasteiger partial charge in [0, 0.05) is 61.4 Å². The zero-order chi connectivity index (χ0) is 29.6. The van der Waals surface area contributed by atoms with Crippen molar-refractivity contribution in [3.8, 4) is 0 Å². The Labute approximate surface area is 245 Å². The van der Waals surface area contributed by atoms with Crippen molar-refractivity contribution in [2.75, 3.05) is 32.1 Å². The molecule has 214 valence electrons. The van der Waals surface area contributed by atoms with Crippen molar-refractivity contribution in [2.24, 2.45) is 0 Å². The number of benzene rings is 1. The molecule has 5 rings (SSSR count). The van der Waals surface area contributed by atoms with E-state index in [1.165, 1.54) is 0 Å². The molecule has 4 aromatic rings. The largest absolute Gasteiger partial charge is 0.450 e. The Morgan fingerprint density at radius 3 is 2.76 bits per heavy atom. The van der Waals surface area contributed by atoms with Gasteiger partial charge in [-0.15, -0.1) is 5.10 Å². The molecule has 1 aliphatic rings. The van der Waals surface area contributed by atoms with E-state index in [1.807, 2.05) is 68.9 Å². The van der Waals surface area contributed by atoms with Crippen LogP contribution in [0.4, 0.5) is 10.7 Å². The lowest BCUT2D eigenvalue weighted by atomic mass is 10.0. The Morgan fingerprint density at radius 1 is 1.14 bits per heavy atom. The number of ether oxygens (including phenoxy) is 1. The van der Waals surface area contributed by atoms with Crippen LogP contribution in [0.5, 0.6) is 0 Å². The van der Waals surface area contributed by atoms with Crippen molar-refractivity contribution in [1.29, 1.82) is 0 Å². The van der Waals surface area contributed by atoms with Crippen molar-refractivity contribution in [1.82, 2.24) is 29.4 Å². The number of pyridine rings is 2. The molecule has 1 aliphatic heterocycles. The second kappa shape index (κ2) is 12.6. The van der Waals surface area contributed by atoms with Gasteiger partial charge in [0.25, 0.3) is 0 Å². The number of amides is 1. The van der Waals surface area contributed by atoms with Crippen LogP contribution in [0.15, 0.2) is 110 Å². The van der Waals surface area contributed by atoms with Crippen LogP contribution in [0.25, 0.3) is 22.1 Å². The van der Waals surface area contributed by atoms with Gasteiger partial charge in [0.05, 0.1) is 12.1 Å². The number of anilines is 1. The Hall–Kier alpha value is -5.18. The quantitative estimate of drug-likeness (QED) is 0.231. The summed E-state index contributed by atoms with van der Waals surface area (Å²) in [6, 6.07) is 14.2. The highest BCUT2D eigenvalue weighted by Crippen LogP contribution is 2.26. The van der Waals surface area contributed by atoms with E-state index in [1.54, 1.807) is 9.42 Å². The first-order chi connectivity index (χ1) is 20.3. The zero-order valence-electron chi connectivity index (χ0n) is 24.1. The number of nitrogens with zero attached hydrogens (tertiary/aromatic N) is 6. The summed E-state index contributed by atoms with van der Waals surface area (Å²) in [6.45, 7) is 16.5. The molecule has 4 heterocycles. The number of rotatable bonds is 10. The Balaban J connectivity index is 1.21. The number of carbonyl (C=O) groups excluding carboxylic acids is 1. The summed E-state index contributed by atoms with van der Waals surface area (Å²) >= 11 is 0. The maximum atomic E-state index is 12.1. The van der Waals surface area contributed by atoms with E-state index >= 15 is 0 Å². The predicted molar refractivity (Wildman–Crippen MR) is 168 cm³/mol. The van der Waals surface area contributed by atoms with Crippen molar-refractivity contribution in [3.63, 3.8) is 0 Å². The van der Waals surface area contributed by atoms with Gasteiger partial charge in [0.1, 0.15) is 0 Å². The smallest absolute Gasteiger partial charge is 0.410 e. The molecule has 0 fully saturated rings. The predicted octanol–water partition coefficient (Wildman–Crippen LogP) is 6.21. The molecule has 42 heavy (non-hydrogen) atoms. The molecule has 0 unspecified atom stereocenters. The van der Waals surface area contributed by atoms with Crippen LogP contribution in [0, 0.1) is 0 Å². The van der Waals surface area contributed by atoms with E-state index in [4.69, 9.17) is 9.72 Å². The van der Waals surface area contributed by atoms with Gasteiger partial charge in [-0.1, -0.05) is 56.2 Å². The van der Waals surface area contributed by atoms with Crippen molar-refractivity contribution >= 4 is 34.2 Å². The second-order valence-electron chi connectivity index (χ2n) is 10.1. The number of hydrogen-bond donors (Lipinski definition) is 1. The zero-order valence-corrected chi connectivity index (χ0v) is 24.1. The van der Waals surface area contributed by atoms with Gasteiger partial charge in [0.15, 0.2) is 5.65 Å². The van der Waals surface area contributed by atoms with Crippen LogP contribution < -0.4 is 5.32 Å². The summed E-state index contributed by atoms with van der Waals surface area (Å²) in [5.74, 6) is 0.437. The van der Waals surface area contributed by atoms with Gasteiger partial charge < -0.3 is 19.9 Å². The Bertz CT molecular complexity index is 1730. The molecule has 0 radical (unpaired) electrons. The summed E-state index contributed by atoms with van der Waals surface area (Å²) in [6.07, 6.45) is 9.85. The van der Waals surface area contributed by atoms with E-state index in [9.17, 15) is 4.79 Å². The van der Waals surface area contributed by atoms with E-state index in [-0.39, 0.29) is 6.09 Å². The molecule has 1 aromatic carbocycles.